The van der Waals surface area contributed by atoms with Crippen LogP contribution in [0.4, 0.5) is 0 Å². The van der Waals surface area contributed by atoms with Crippen molar-refractivity contribution in [2.75, 3.05) is 26.2 Å². The van der Waals surface area contributed by atoms with Crippen molar-refractivity contribution in [3.8, 4) is 0 Å². The molecule has 1 saturated carbocycles. The van der Waals surface area contributed by atoms with E-state index >= 15 is 0 Å². The van der Waals surface area contributed by atoms with Gasteiger partial charge in [0.25, 0.3) is 0 Å². The molecule has 3 heteroatoms. The van der Waals surface area contributed by atoms with Gasteiger partial charge < -0.3 is 4.90 Å². The molecule has 1 heterocycles. The molecule has 0 aromatic heterocycles. The third kappa shape index (κ3) is 4.70. The lowest BCUT2D eigenvalue weighted by Crippen LogP contribution is -2.57. The molecule has 3 nitrogen and oxygen atoms in total. The Labute approximate surface area is 131 Å². The maximum absolute atomic E-state index is 12.5. The summed E-state index contributed by atoms with van der Waals surface area (Å²) < 4.78 is 0. The molecule has 2 fully saturated rings. The number of nitrogens with zero attached hydrogens (tertiary/aromatic N) is 2. The van der Waals surface area contributed by atoms with Crippen LogP contribution in [0.5, 0.6) is 0 Å². The third-order valence-electron chi connectivity index (χ3n) is 4.79. The first-order chi connectivity index (χ1) is 9.51. The first-order valence-corrected chi connectivity index (χ1v) is 8.54. The van der Waals surface area contributed by atoms with Gasteiger partial charge in [-0.05, 0) is 36.6 Å². The second kappa shape index (κ2) is 5.57. The monoisotopic (exact) mass is 294 g/mol. The number of carbonyl (C=O) groups is 1. The molecule has 1 spiro atoms. The SMILES string of the molecule is CC(C)(C)CCN1CCN(C(=O)CC(C)(C)C)CC12CC2. The molecule has 1 saturated heterocycles. The zero-order valence-electron chi connectivity index (χ0n) is 15.0. The van der Waals surface area contributed by atoms with Gasteiger partial charge in [0.2, 0.25) is 5.91 Å². The van der Waals surface area contributed by atoms with Gasteiger partial charge in [-0.3, -0.25) is 9.69 Å². The van der Waals surface area contributed by atoms with E-state index in [1.807, 2.05) is 0 Å². The maximum Gasteiger partial charge on any atom is 0.223 e. The second-order valence-corrected chi connectivity index (χ2v) is 9.57. The quantitative estimate of drug-likeness (QED) is 0.795. The van der Waals surface area contributed by atoms with Crippen molar-refractivity contribution in [3.63, 3.8) is 0 Å². The molecule has 0 unspecified atom stereocenters. The van der Waals surface area contributed by atoms with E-state index in [9.17, 15) is 4.79 Å². The Morgan fingerprint density at radius 1 is 1.00 bits per heavy atom. The van der Waals surface area contributed by atoms with Crippen LogP contribution in [0.3, 0.4) is 0 Å². The summed E-state index contributed by atoms with van der Waals surface area (Å²) in [7, 11) is 0. The van der Waals surface area contributed by atoms with Crippen LogP contribution in [-0.4, -0.2) is 47.4 Å². The van der Waals surface area contributed by atoms with Gasteiger partial charge in [-0.2, -0.15) is 0 Å². The molecule has 0 aromatic rings. The molecular weight excluding hydrogens is 260 g/mol. The highest BCUT2D eigenvalue weighted by molar-refractivity contribution is 5.77. The lowest BCUT2D eigenvalue weighted by Gasteiger charge is -2.43. The predicted octanol–water partition coefficient (Wildman–Crippen LogP) is 3.54. The molecule has 2 aliphatic rings. The van der Waals surface area contributed by atoms with Gasteiger partial charge in [0.15, 0.2) is 0 Å². The summed E-state index contributed by atoms with van der Waals surface area (Å²) >= 11 is 0. The van der Waals surface area contributed by atoms with E-state index < -0.39 is 0 Å². The molecule has 1 aliphatic heterocycles. The van der Waals surface area contributed by atoms with Gasteiger partial charge >= 0.3 is 0 Å². The highest BCUT2D eigenvalue weighted by atomic mass is 16.2. The third-order valence-corrected chi connectivity index (χ3v) is 4.79. The molecule has 1 amide bonds. The first kappa shape index (κ1) is 16.8. The van der Waals surface area contributed by atoms with E-state index in [-0.39, 0.29) is 5.41 Å². The van der Waals surface area contributed by atoms with E-state index in [4.69, 9.17) is 0 Å². The summed E-state index contributed by atoms with van der Waals surface area (Å²) in [6.45, 7) is 17.5. The Hall–Kier alpha value is -0.570. The van der Waals surface area contributed by atoms with Crippen molar-refractivity contribution in [1.82, 2.24) is 9.80 Å². The number of piperazine rings is 1. The van der Waals surface area contributed by atoms with E-state index in [2.05, 4.69) is 51.3 Å². The number of amides is 1. The number of carbonyl (C=O) groups excluding carboxylic acids is 1. The van der Waals surface area contributed by atoms with Gasteiger partial charge in [0, 0.05) is 31.6 Å². The summed E-state index contributed by atoms with van der Waals surface area (Å²) in [6.07, 6.45) is 4.46. The highest BCUT2D eigenvalue weighted by Crippen LogP contribution is 2.45. The Bertz CT molecular complexity index is 385. The van der Waals surface area contributed by atoms with E-state index in [1.165, 1.54) is 25.8 Å². The Balaban J connectivity index is 1.90. The average Bonchev–Trinajstić information content (AvgIpc) is 3.04. The average molecular weight is 294 g/mol. The van der Waals surface area contributed by atoms with Crippen LogP contribution >= 0.6 is 0 Å². The summed E-state index contributed by atoms with van der Waals surface area (Å²) in [5.41, 5.74) is 0.823. The van der Waals surface area contributed by atoms with Gasteiger partial charge in [0.1, 0.15) is 0 Å². The van der Waals surface area contributed by atoms with Crippen LogP contribution in [0.25, 0.3) is 0 Å². The normalized spacial score (nSPS) is 22.7. The van der Waals surface area contributed by atoms with Crippen LogP contribution in [0, 0.1) is 10.8 Å². The van der Waals surface area contributed by atoms with Crippen molar-refractivity contribution < 1.29 is 4.79 Å². The van der Waals surface area contributed by atoms with E-state index in [0.717, 1.165) is 19.6 Å². The van der Waals surface area contributed by atoms with Crippen molar-refractivity contribution in [3.05, 3.63) is 0 Å². The van der Waals surface area contributed by atoms with Gasteiger partial charge in [-0.1, -0.05) is 41.5 Å². The van der Waals surface area contributed by atoms with Crippen LogP contribution < -0.4 is 0 Å². The predicted molar refractivity (Wildman–Crippen MR) is 88.3 cm³/mol. The lowest BCUT2D eigenvalue weighted by molar-refractivity contribution is -0.136. The van der Waals surface area contributed by atoms with Crippen LogP contribution in [0.15, 0.2) is 0 Å². The van der Waals surface area contributed by atoms with Crippen molar-refractivity contribution in [1.29, 1.82) is 0 Å². The second-order valence-electron chi connectivity index (χ2n) is 9.57. The Morgan fingerprint density at radius 3 is 2.10 bits per heavy atom. The standard InChI is InChI=1S/C18H34N2O/c1-16(2,3)9-10-20-12-11-19(14-18(20)7-8-18)15(21)13-17(4,5)6/h7-14H2,1-6H3. The molecular formula is C18H34N2O. The zero-order valence-corrected chi connectivity index (χ0v) is 15.0. The molecule has 0 bridgehead atoms. The van der Waals surface area contributed by atoms with Crippen molar-refractivity contribution in [2.24, 2.45) is 10.8 Å². The molecule has 0 radical (unpaired) electrons. The maximum atomic E-state index is 12.5. The lowest BCUT2D eigenvalue weighted by atomic mass is 9.90. The molecule has 21 heavy (non-hydrogen) atoms. The smallest absolute Gasteiger partial charge is 0.223 e. The van der Waals surface area contributed by atoms with E-state index in [0.29, 0.717) is 23.3 Å². The minimum absolute atomic E-state index is 0.0944. The van der Waals surface area contributed by atoms with Crippen LogP contribution in [0.1, 0.15) is 67.2 Å². The molecule has 122 valence electrons. The first-order valence-electron chi connectivity index (χ1n) is 8.54. The number of hydrogen-bond donors (Lipinski definition) is 0. The zero-order chi connectivity index (χ0) is 15.9. The molecule has 0 aromatic carbocycles. The molecule has 1 aliphatic carbocycles. The molecule has 0 atom stereocenters. The largest absolute Gasteiger partial charge is 0.340 e. The topological polar surface area (TPSA) is 23.6 Å². The fourth-order valence-corrected chi connectivity index (χ4v) is 3.23. The highest BCUT2D eigenvalue weighted by Gasteiger charge is 2.51. The van der Waals surface area contributed by atoms with Gasteiger partial charge in [0.05, 0.1) is 0 Å². The minimum atomic E-state index is 0.0944. The van der Waals surface area contributed by atoms with Gasteiger partial charge in [-0.25, -0.2) is 0 Å². The minimum Gasteiger partial charge on any atom is -0.340 e. The fourth-order valence-electron chi connectivity index (χ4n) is 3.23. The Kier molecular flexibility index (Phi) is 4.45. The summed E-state index contributed by atoms with van der Waals surface area (Å²) in [4.78, 5) is 17.3. The number of hydrogen-bond acceptors (Lipinski definition) is 2. The van der Waals surface area contributed by atoms with Crippen LogP contribution in [0.2, 0.25) is 0 Å². The summed E-state index contributed by atoms with van der Waals surface area (Å²) in [6, 6.07) is 0. The molecule has 0 N–H and O–H groups in total. The Morgan fingerprint density at radius 2 is 1.62 bits per heavy atom. The number of rotatable bonds is 3. The molecule has 2 rings (SSSR count). The summed E-state index contributed by atoms with van der Waals surface area (Å²) in [5.74, 6) is 0.351. The fraction of sp³-hybridized carbons (Fsp3) is 0.944. The van der Waals surface area contributed by atoms with Crippen LogP contribution in [-0.2, 0) is 4.79 Å². The van der Waals surface area contributed by atoms with Gasteiger partial charge in [-0.15, -0.1) is 0 Å². The van der Waals surface area contributed by atoms with Crippen molar-refractivity contribution in [2.45, 2.75) is 72.8 Å². The van der Waals surface area contributed by atoms with Crippen molar-refractivity contribution >= 4 is 5.91 Å². The van der Waals surface area contributed by atoms with E-state index in [1.54, 1.807) is 0 Å². The summed E-state index contributed by atoms with van der Waals surface area (Å²) in [5, 5.41) is 0.